The highest BCUT2D eigenvalue weighted by Crippen LogP contribution is 2.23. The number of pyridine rings is 1. The first kappa shape index (κ1) is 23.1. The Morgan fingerprint density at radius 1 is 1.38 bits per heavy atom. The van der Waals surface area contributed by atoms with Crippen LogP contribution in [0.5, 0.6) is 5.88 Å². The van der Waals surface area contributed by atoms with E-state index >= 15 is 0 Å². The molecule has 0 bridgehead atoms. The van der Waals surface area contributed by atoms with Crippen LogP contribution in [0.3, 0.4) is 0 Å². The molecule has 6 nitrogen and oxygen atoms in total. The number of halogens is 1. The lowest BCUT2D eigenvalue weighted by Crippen LogP contribution is -2.46. The Kier molecular flexibility index (Phi) is 11.1. The lowest BCUT2D eigenvalue weighted by atomic mass is 9.95. The quantitative estimate of drug-likeness (QED) is 0.347. The number of aliphatic imine (C=N–C) groups is 1. The average molecular weight is 494 g/mol. The lowest BCUT2D eigenvalue weighted by molar-refractivity contribution is 0.396. The molecule has 0 saturated heterocycles. The van der Waals surface area contributed by atoms with Gasteiger partial charge < -0.3 is 15.4 Å². The molecule has 0 amide bonds. The summed E-state index contributed by atoms with van der Waals surface area (Å²) in [4.78, 5) is 9.04. The lowest BCUT2D eigenvalue weighted by Gasteiger charge is -2.30. The van der Waals surface area contributed by atoms with E-state index in [1.807, 2.05) is 25.1 Å². The fraction of sp³-hybridized carbons (Fsp3) is 0.667. The Hall–Kier alpha value is -0.900. The van der Waals surface area contributed by atoms with E-state index in [0.29, 0.717) is 23.7 Å². The van der Waals surface area contributed by atoms with Gasteiger partial charge in [0.05, 0.1) is 19.3 Å². The summed E-state index contributed by atoms with van der Waals surface area (Å²) in [6, 6.07) is 6.01. The van der Waals surface area contributed by atoms with Gasteiger partial charge in [-0.25, -0.2) is 9.98 Å². The van der Waals surface area contributed by atoms with Gasteiger partial charge in [-0.05, 0) is 32.3 Å². The first-order valence-corrected chi connectivity index (χ1v) is 10.5. The van der Waals surface area contributed by atoms with Crippen LogP contribution in [0.2, 0.25) is 0 Å². The minimum absolute atomic E-state index is 0. The van der Waals surface area contributed by atoms with Gasteiger partial charge in [-0.3, -0.25) is 4.21 Å². The summed E-state index contributed by atoms with van der Waals surface area (Å²) in [6.07, 6.45) is 4.23. The number of guanidine groups is 1. The third kappa shape index (κ3) is 7.38. The second kappa shape index (κ2) is 12.5. The molecule has 3 unspecified atom stereocenters. The first-order chi connectivity index (χ1) is 12.2. The summed E-state index contributed by atoms with van der Waals surface area (Å²) >= 11 is 0. The minimum Gasteiger partial charge on any atom is -0.481 e. The summed E-state index contributed by atoms with van der Waals surface area (Å²) in [7, 11) is 0.898. The molecule has 0 aliphatic heterocycles. The van der Waals surface area contributed by atoms with Crippen LogP contribution in [0.1, 0.15) is 45.2 Å². The molecule has 0 radical (unpaired) electrons. The Labute approximate surface area is 176 Å². The third-order valence-electron chi connectivity index (χ3n) is 4.36. The molecule has 1 saturated carbocycles. The molecule has 0 aromatic carbocycles. The normalized spacial score (nSPS) is 21.4. The van der Waals surface area contributed by atoms with Crippen LogP contribution >= 0.6 is 24.0 Å². The van der Waals surface area contributed by atoms with Gasteiger partial charge >= 0.3 is 0 Å². The van der Waals surface area contributed by atoms with Crippen molar-refractivity contribution in [1.29, 1.82) is 0 Å². The number of hydrogen-bond acceptors (Lipinski definition) is 4. The van der Waals surface area contributed by atoms with Crippen molar-refractivity contribution in [2.24, 2.45) is 4.99 Å². The summed E-state index contributed by atoms with van der Waals surface area (Å²) in [5.74, 6) is 2.13. The number of rotatable bonds is 7. The molecular formula is C18H31IN4O2S. The third-order valence-corrected chi connectivity index (χ3v) is 6.10. The zero-order valence-electron chi connectivity index (χ0n) is 15.9. The van der Waals surface area contributed by atoms with Gasteiger partial charge in [-0.2, -0.15) is 0 Å². The van der Waals surface area contributed by atoms with Crippen LogP contribution < -0.4 is 15.4 Å². The van der Waals surface area contributed by atoms with Crippen molar-refractivity contribution in [3.8, 4) is 5.88 Å². The highest BCUT2D eigenvalue weighted by atomic mass is 127. The zero-order valence-corrected chi connectivity index (χ0v) is 19.0. The molecule has 0 spiro atoms. The maximum absolute atomic E-state index is 12.1. The average Bonchev–Trinajstić information content (AvgIpc) is 2.66. The van der Waals surface area contributed by atoms with E-state index in [0.717, 1.165) is 49.6 Å². The van der Waals surface area contributed by atoms with Crippen LogP contribution in [0.15, 0.2) is 23.2 Å². The van der Waals surface area contributed by atoms with Crippen LogP contribution in [0.25, 0.3) is 0 Å². The van der Waals surface area contributed by atoms with Gasteiger partial charge in [0, 0.05) is 40.5 Å². The molecule has 1 fully saturated rings. The Bertz CT molecular complexity index is 600. The van der Waals surface area contributed by atoms with Crippen molar-refractivity contribution in [2.75, 3.05) is 19.4 Å². The maximum atomic E-state index is 12.1. The molecule has 1 heterocycles. The number of ether oxygens (including phenoxy) is 1. The van der Waals surface area contributed by atoms with Crippen LogP contribution in [0.4, 0.5) is 0 Å². The zero-order chi connectivity index (χ0) is 18.1. The van der Waals surface area contributed by atoms with E-state index in [1.54, 1.807) is 7.11 Å². The van der Waals surface area contributed by atoms with E-state index in [2.05, 4.69) is 27.5 Å². The van der Waals surface area contributed by atoms with Crippen molar-refractivity contribution in [2.45, 2.75) is 57.4 Å². The largest absolute Gasteiger partial charge is 0.481 e. The highest BCUT2D eigenvalue weighted by Gasteiger charge is 2.26. The van der Waals surface area contributed by atoms with E-state index < -0.39 is 10.8 Å². The van der Waals surface area contributed by atoms with Crippen LogP contribution in [-0.4, -0.2) is 45.9 Å². The molecule has 8 heteroatoms. The number of methoxy groups -OCH3 is 1. The van der Waals surface area contributed by atoms with Gasteiger partial charge in [0.15, 0.2) is 5.96 Å². The number of nitrogens with zero attached hydrogens (tertiary/aromatic N) is 2. The number of nitrogens with one attached hydrogen (secondary N) is 2. The Balaban J connectivity index is 0.00000338. The SMILES string of the molecule is CCNC(=NCc1cccc(OC)n1)NC1CCCC(S(=O)CC)C1.I. The molecule has 1 aliphatic carbocycles. The van der Waals surface area contributed by atoms with Gasteiger partial charge in [0.25, 0.3) is 0 Å². The van der Waals surface area contributed by atoms with Gasteiger partial charge in [-0.15, -0.1) is 24.0 Å². The van der Waals surface area contributed by atoms with Crippen molar-refractivity contribution >= 4 is 40.7 Å². The predicted molar refractivity (Wildman–Crippen MR) is 119 cm³/mol. The van der Waals surface area contributed by atoms with E-state index in [-0.39, 0.29) is 24.0 Å². The second-order valence-corrected chi connectivity index (χ2v) is 8.17. The van der Waals surface area contributed by atoms with Gasteiger partial charge in [-0.1, -0.05) is 19.4 Å². The molecule has 2 N–H and O–H groups in total. The monoisotopic (exact) mass is 494 g/mol. The van der Waals surface area contributed by atoms with Crippen molar-refractivity contribution in [1.82, 2.24) is 15.6 Å². The predicted octanol–water partition coefficient (Wildman–Crippen LogP) is 2.84. The maximum Gasteiger partial charge on any atom is 0.213 e. The molecular weight excluding hydrogens is 463 g/mol. The minimum atomic E-state index is -0.714. The topological polar surface area (TPSA) is 75.6 Å². The van der Waals surface area contributed by atoms with Crippen molar-refractivity contribution in [3.63, 3.8) is 0 Å². The van der Waals surface area contributed by atoms with Gasteiger partial charge in [0.1, 0.15) is 0 Å². The standard InChI is InChI=1S/C18H30N4O2S.HI/c1-4-19-18(20-13-15-9-7-11-17(21-15)24-3)22-14-8-6-10-16(12-14)25(23)5-2;/h7,9,11,14,16H,4-6,8,10,12-13H2,1-3H3,(H2,19,20,22);1H. The summed E-state index contributed by atoms with van der Waals surface area (Å²) < 4.78 is 17.3. The molecule has 1 aromatic rings. The fourth-order valence-corrected chi connectivity index (χ4v) is 4.43. The van der Waals surface area contributed by atoms with Crippen molar-refractivity contribution in [3.05, 3.63) is 23.9 Å². The first-order valence-electron chi connectivity index (χ1n) is 9.08. The van der Waals surface area contributed by atoms with Gasteiger partial charge in [0.2, 0.25) is 5.88 Å². The summed E-state index contributed by atoms with van der Waals surface area (Å²) in [6.45, 7) is 5.34. The second-order valence-electron chi connectivity index (χ2n) is 6.17. The van der Waals surface area contributed by atoms with E-state index in [4.69, 9.17) is 4.74 Å². The Morgan fingerprint density at radius 3 is 2.88 bits per heavy atom. The summed E-state index contributed by atoms with van der Waals surface area (Å²) in [5.41, 5.74) is 0.866. The number of hydrogen-bond donors (Lipinski definition) is 2. The smallest absolute Gasteiger partial charge is 0.213 e. The fourth-order valence-electron chi connectivity index (χ4n) is 3.08. The van der Waals surface area contributed by atoms with E-state index in [1.165, 1.54) is 0 Å². The molecule has 26 heavy (non-hydrogen) atoms. The molecule has 3 atom stereocenters. The van der Waals surface area contributed by atoms with Crippen molar-refractivity contribution < 1.29 is 8.95 Å². The Morgan fingerprint density at radius 2 is 2.19 bits per heavy atom. The van der Waals surface area contributed by atoms with E-state index in [9.17, 15) is 4.21 Å². The van der Waals surface area contributed by atoms with Crippen LogP contribution in [0, 0.1) is 0 Å². The number of aromatic nitrogens is 1. The molecule has 2 rings (SSSR count). The van der Waals surface area contributed by atoms with Crippen LogP contribution in [-0.2, 0) is 17.3 Å². The highest BCUT2D eigenvalue weighted by molar-refractivity contribution is 14.0. The summed E-state index contributed by atoms with van der Waals surface area (Å²) in [5, 5.41) is 7.11. The molecule has 1 aromatic heterocycles. The molecule has 148 valence electrons. The molecule has 1 aliphatic rings.